The van der Waals surface area contributed by atoms with Crippen LogP contribution < -0.4 is 15.5 Å². The first-order valence-corrected chi connectivity index (χ1v) is 10.7. The van der Waals surface area contributed by atoms with E-state index in [-0.39, 0.29) is 30.0 Å². The lowest BCUT2D eigenvalue weighted by Crippen LogP contribution is -2.48. The van der Waals surface area contributed by atoms with Gasteiger partial charge < -0.3 is 15.5 Å². The van der Waals surface area contributed by atoms with Gasteiger partial charge in [0.2, 0.25) is 0 Å². The predicted octanol–water partition coefficient (Wildman–Crippen LogP) is 2.62. The lowest BCUT2D eigenvalue weighted by Gasteiger charge is -2.36. The first-order chi connectivity index (χ1) is 14.4. The van der Waals surface area contributed by atoms with Gasteiger partial charge >= 0.3 is 6.18 Å². The summed E-state index contributed by atoms with van der Waals surface area (Å²) in [4.78, 5) is 10.6. The van der Waals surface area contributed by atoms with Crippen molar-refractivity contribution < 1.29 is 13.2 Å². The van der Waals surface area contributed by atoms with E-state index in [9.17, 15) is 13.2 Å². The predicted molar refractivity (Wildman–Crippen MR) is 131 cm³/mol. The number of piperazine rings is 1. The van der Waals surface area contributed by atoms with Crippen LogP contribution >= 0.6 is 24.0 Å². The van der Waals surface area contributed by atoms with Crippen molar-refractivity contribution in [2.75, 3.05) is 70.9 Å². The zero-order valence-electron chi connectivity index (χ0n) is 18.1. The van der Waals surface area contributed by atoms with Gasteiger partial charge in [-0.25, -0.2) is 0 Å². The maximum atomic E-state index is 12.5. The van der Waals surface area contributed by atoms with Crippen LogP contribution in [0.4, 0.5) is 18.9 Å². The van der Waals surface area contributed by atoms with E-state index in [0.717, 1.165) is 45.7 Å². The highest BCUT2D eigenvalue weighted by molar-refractivity contribution is 14.0. The van der Waals surface area contributed by atoms with Crippen LogP contribution in [0, 0.1) is 0 Å². The van der Waals surface area contributed by atoms with Crippen LogP contribution in [0.15, 0.2) is 35.3 Å². The Bertz CT molecular complexity index is 665. The molecule has 2 N–H and O–H groups in total. The molecule has 10 heteroatoms. The smallest absolute Gasteiger partial charge is 0.369 e. The van der Waals surface area contributed by atoms with Gasteiger partial charge in [-0.15, -0.1) is 24.0 Å². The zero-order valence-corrected chi connectivity index (χ0v) is 20.4. The molecule has 0 bridgehead atoms. The molecule has 0 amide bonds. The molecule has 2 saturated heterocycles. The third-order valence-corrected chi connectivity index (χ3v) is 5.68. The van der Waals surface area contributed by atoms with Crippen molar-refractivity contribution in [1.82, 2.24) is 20.4 Å². The van der Waals surface area contributed by atoms with E-state index >= 15 is 0 Å². The number of hydrogen-bond donors (Lipinski definition) is 2. The molecule has 2 heterocycles. The fourth-order valence-corrected chi connectivity index (χ4v) is 4.11. The van der Waals surface area contributed by atoms with Gasteiger partial charge in [0.25, 0.3) is 0 Å². The summed E-state index contributed by atoms with van der Waals surface area (Å²) in [5, 5.41) is 6.55. The highest BCUT2D eigenvalue weighted by Crippen LogP contribution is 2.20. The molecule has 2 fully saturated rings. The van der Waals surface area contributed by atoms with Crippen molar-refractivity contribution in [2.24, 2.45) is 4.99 Å². The molecule has 1 aromatic rings. The van der Waals surface area contributed by atoms with Crippen molar-refractivity contribution in [3.05, 3.63) is 30.3 Å². The van der Waals surface area contributed by atoms with E-state index in [1.165, 1.54) is 10.6 Å². The Hall–Kier alpha value is -1.27. The third-order valence-electron chi connectivity index (χ3n) is 5.68. The number of guanidine groups is 1. The number of nitrogens with zero attached hydrogens (tertiary/aromatic N) is 4. The van der Waals surface area contributed by atoms with E-state index in [4.69, 9.17) is 0 Å². The minimum absolute atomic E-state index is 0. The van der Waals surface area contributed by atoms with Crippen molar-refractivity contribution in [3.8, 4) is 0 Å². The molecule has 0 radical (unpaired) electrons. The Kier molecular flexibility index (Phi) is 10.6. The fourth-order valence-electron chi connectivity index (χ4n) is 4.11. The number of likely N-dealkylation sites (tertiary alicyclic amines) is 1. The number of anilines is 1. The average Bonchev–Trinajstić information content (AvgIpc) is 3.16. The van der Waals surface area contributed by atoms with Gasteiger partial charge in [-0.2, -0.15) is 13.2 Å². The molecule has 1 unspecified atom stereocenters. The molecule has 31 heavy (non-hydrogen) atoms. The van der Waals surface area contributed by atoms with Gasteiger partial charge in [-0.05, 0) is 31.5 Å². The molecule has 6 nitrogen and oxygen atoms in total. The normalized spacial score (nSPS) is 21.1. The Morgan fingerprint density at radius 1 is 1.06 bits per heavy atom. The van der Waals surface area contributed by atoms with Crippen LogP contribution in [0.3, 0.4) is 0 Å². The van der Waals surface area contributed by atoms with Gasteiger partial charge in [-0.3, -0.25) is 14.8 Å². The fraction of sp³-hybridized carbons (Fsp3) is 0.667. The summed E-state index contributed by atoms with van der Waals surface area (Å²) in [5.74, 6) is 0.669. The van der Waals surface area contributed by atoms with Crippen molar-refractivity contribution in [1.29, 1.82) is 0 Å². The van der Waals surface area contributed by atoms with E-state index in [2.05, 4.69) is 49.7 Å². The summed E-state index contributed by atoms with van der Waals surface area (Å²) in [7, 11) is 1.70. The quantitative estimate of drug-likeness (QED) is 0.235. The summed E-state index contributed by atoms with van der Waals surface area (Å²) >= 11 is 0. The molecule has 0 saturated carbocycles. The number of hydrogen-bond acceptors (Lipinski definition) is 4. The maximum Gasteiger partial charge on any atom is 0.401 e. The van der Waals surface area contributed by atoms with Crippen LogP contribution in [0.25, 0.3) is 0 Å². The summed E-state index contributed by atoms with van der Waals surface area (Å²) in [6.07, 6.45) is -2.44. The largest absolute Gasteiger partial charge is 0.401 e. The summed E-state index contributed by atoms with van der Waals surface area (Å²) in [6.45, 7) is 6.02. The number of benzene rings is 1. The molecule has 0 spiro atoms. The first-order valence-electron chi connectivity index (χ1n) is 10.7. The van der Waals surface area contributed by atoms with Gasteiger partial charge in [0.1, 0.15) is 0 Å². The second-order valence-electron chi connectivity index (χ2n) is 8.00. The molecule has 2 aliphatic heterocycles. The topological polar surface area (TPSA) is 46.1 Å². The molecule has 1 aromatic carbocycles. The van der Waals surface area contributed by atoms with Crippen LogP contribution in [-0.4, -0.2) is 93.9 Å². The Labute approximate surface area is 200 Å². The van der Waals surface area contributed by atoms with Gasteiger partial charge in [0.15, 0.2) is 5.96 Å². The number of rotatable bonds is 7. The first kappa shape index (κ1) is 26.0. The van der Waals surface area contributed by atoms with E-state index < -0.39 is 12.7 Å². The lowest BCUT2D eigenvalue weighted by molar-refractivity contribution is -0.143. The number of aliphatic imine (C=N–C) groups is 1. The summed E-state index contributed by atoms with van der Waals surface area (Å²) in [5.41, 5.74) is 1.29. The van der Waals surface area contributed by atoms with Crippen LogP contribution in [-0.2, 0) is 0 Å². The minimum Gasteiger partial charge on any atom is -0.369 e. The second-order valence-corrected chi connectivity index (χ2v) is 8.00. The molecule has 0 aliphatic carbocycles. The second kappa shape index (κ2) is 12.7. The van der Waals surface area contributed by atoms with Crippen LogP contribution in [0.2, 0.25) is 0 Å². The van der Waals surface area contributed by atoms with Gasteiger partial charge in [0.05, 0.1) is 6.54 Å². The van der Waals surface area contributed by atoms with E-state index in [1.54, 1.807) is 7.05 Å². The number of alkyl halides is 3. The van der Waals surface area contributed by atoms with E-state index in [0.29, 0.717) is 25.5 Å². The summed E-state index contributed by atoms with van der Waals surface area (Å²) in [6, 6.07) is 10.5. The highest BCUT2D eigenvalue weighted by Gasteiger charge is 2.34. The van der Waals surface area contributed by atoms with Crippen molar-refractivity contribution >= 4 is 35.6 Å². The van der Waals surface area contributed by atoms with Gasteiger partial charge in [-0.1, -0.05) is 18.2 Å². The molecule has 3 rings (SSSR count). The molecule has 2 aliphatic rings. The Morgan fingerprint density at radius 2 is 1.77 bits per heavy atom. The monoisotopic (exact) mass is 554 g/mol. The molecular weight excluding hydrogens is 520 g/mol. The SMILES string of the molecule is CN=C(NCCCN1CCN(c2ccccc2)CC1)NC1CCN(CC(F)(F)F)C1.I. The number of halogens is 4. The summed E-state index contributed by atoms with van der Waals surface area (Å²) < 4.78 is 37.6. The number of para-hydroxylation sites is 1. The third kappa shape index (κ3) is 9.01. The Morgan fingerprint density at radius 3 is 2.42 bits per heavy atom. The molecular formula is C21H34F3IN6. The van der Waals surface area contributed by atoms with Crippen molar-refractivity contribution in [2.45, 2.75) is 25.1 Å². The Balaban J connectivity index is 0.00000341. The highest BCUT2D eigenvalue weighted by atomic mass is 127. The van der Waals surface area contributed by atoms with E-state index in [1.807, 2.05) is 6.07 Å². The average molecular weight is 554 g/mol. The van der Waals surface area contributed by atoms with Crippen LogP contribution in [0.5, 0.6) is 0 Å². The van der Waals surface area contributed by atoms with Gasteiger partial charge in [0, 0.05) is 64.6 Å². The van der Waals surface area contributed by atoms with Crippen molar-refractivity contribution in [3.63, 3.8) is 0 Å². The lowest BCUT2D eigenvalue weighted by atomic mass is 10.2. The molecule has 1 atom stereocenters. The van der Waals surface area contributed by atoms with Crippen LogP contribution in [0.1, 0.15) is 12.8 Å². The molecule has 0 aromatic heterocycles. The standard InChI is InChI=1S/C21H33F3N6.HI/c1-25-20(27-18-8-11-29(16-18)17-21(22,23)24)26-9-5-10-28-12-14-30(15-13-28)19-6-3-2-4-7-19;/h2-4,6-7,18H,5,8-17H2,1H3,(H2,25,26,27);1H. The minimum atomic E-state index is -4.14. The molecule has 176 valence electrons. The zero-order chi connectivity index (χ0) is 21.4. The number of nitrogens with one attached hydrogen (secondary N) is 2. The maximum absolute atomic E-state index is 12.5.